The van der Waals surface area contributed by atoms with Gasteiger partial charge in [-0.15, -0.1) is 0 Å². The Balaban J connectivity index is 2.44. The molecule has 2 rings (SSSR count). The molecule has 0 N–H and O–H groups in total. The maximum absolute atomic E-state index is 12.6. The Bertz CT molecular complexity index is 601. The van der Waals surface area contributed by atoms with Crippen molar-refractivity contribution in [1.29, 1.82) is 0 Å². The van der Waals surface area contributed by atoms with Crippen LogP contribution in [0.2, 0.25) is 5.02 Å². The molecule has 20 heavy (non-hydrogen) atoms. The molecule has 2 nitrogen and oxygen atoms in total. The van der Waals surface area contributed by atoms with Crippen LogP contribution in [0.5, 0.6) is 0 Å². The third kappa shape index (κ3) is 3.52. The van der Waals surface area contributed by atoms with E-state index in [2.05, 4.69) is 27.5 Å². The summed E-state index contributed by atoms with van der Waals surface area (Å²) in [5, 5.41) is 0.580. The summed E-state index contributed by atoms with van der Waals surface area (Å²) in [5.74, 6) is 0.00316. The van der Waals surface area contributed by atoms with Crippen LogP contribution in [-0.4, -0.2) is 23.8 Å². The van der Waals surface area contributed by atoms with E-state index in [4.69, 9.17) is 11.6 Å². The van der Waals surface area contributed by atoms with Crippen LogP contribution in [0.1, 0.15) is 15.9 Å². The molecule has 0 atom stereocenters. The Hall–Kier alpha value is -1.07. The number of carbonyl (C=O) groups excluding carboxylic acids is 1. The monoisotopic (exact) mass is 399 g/mol. The van der Waals surface area contributed by atoms with Gasteiger partial charge in [0.05, 0.1) is 0 Å². The fraction of sp³-hybridized carbons (Fsp3) is 0.188. The second-order valence-corrected chi connectivity index (χ2v) is 5.98. The lowest BCUT2D eigenvalue weighted by atomic mass is 10.0. The van der Waals surface area contributed by atoms with E-state index in [0.717, 1.165) is 16.7 Å². The van der Waals surface area contributed by atoms with Gasteiger partial charge in [-0.2, -0.15) is 0 Å². The first-order valence-electron chi connectivity index (χ1n) is 6.30. The van der Waals surface area contributed by atoms with Crippen molar-refractivity contribution in [2.75, 3.05) is 22.9 Å². The largest absolute Gasteiger partial charge is 0.373 e. The minimum Gasteiger partial charge on any atom is -0.373 e. The summed E-state index contributed by atoms with van der Waals surface area (Å²) in [7, 11) is 1.99. The number of hydrogen-bond acceptors (Lipinski definition) is 2. The summed E-state index contributed by atoms with van der Waals surface area (Å²) >= 11 is 8.38. The van der Waals surface area contributed by atoms with Crippen LogP contribution in [0.4, 0.5) is 5.69 Å². The van der Waals surface area contributed by atoms with Gasteiger partial charge < -0.3 is 4.90 Å². The quantitative estimate of drug-likeness (QED) is 0.421. The van der Waals surface area contributed by atoms with E-state index in [0.29, 0.717) is 16.1 Å². The molecule has 104 valence electrons. The molecule has 0 saturated carbocycles. The van der Waals surface area contributed by atoms with Crippen LogP contribution >= 0.6 is 34.2 Å². The molecule has 2 aromatic rings. The van der Waals surface area contributed by atoms with Crippen molar-refractivity contribution < 1.29 is 4.79 Å². The Morgan fingerprint density at radius 3 is 2.55 bits per heavy atom. The minimum absolute atomic E-state index is 0.00316. The minimum atomic E-state index is 0.00316. The maximum Gasteiger partial charge on any atom is 0.195 e. The molecule has 0 heterocycles. The summed E-state index contributed by atoms with van der Waals surface area (Å²) in [6.45, 7) is 0.886. The van der Waals surface area contributed by atoms with Gasteiger partial charge in [-0.1, -0.05) is 64.5 Å². The van der Waals surface area contributed by atoms with E-state index in [1.54, 1.807) is 6.07 Å². The molecule has 0 amide bonds. The third-order valence-corrected chi connectivity index (χ3v) is 3.79. The summed E-state index contributed by atoms with van der Waals surface area (Å²) in [6, 6.07) is 14.8. The molecule has 0 aliphatic rings. The van der Waals surface area contributed by atoms with Gasteiger partial charge in [0.25, 0.3) is 0 Å². The molecule has 0 unspecified atom stereocenters. The molecule has 0 saturated heterocycles. The van der Waals surface area contributed by atoms with Gasteiger partial charge in [0.1, 0.15) is 0 Å². The van der Waals surface area contributed by atoms with Crippen molar-refractivity contribution in [1.82, 2.24) is 0 Å². The van der Waals surface area contributed by atoms with Crippen molar-refractivity contribution >= 4 is 45.7 Å². The Morgan fingerprint density at radius 1 is 1.20 bits per heavy atom. The summed E-state index contributed by atoms with van der Waals surface area (Å²) < 4.78 is 0.996. The molecule has 0 bridgehead atoms. The number of hydrogen-bond donors (Lipinski definition) is 0. The number of carbonyl (C=O) groups is 1. The lowest BCUT2D eigenvalue weighted by Gasteiger charge is -2.21. The lowest BCUT2D eigenvalue weighted by Crippen LogP contribution is -2.22. The van der Waals surface area contributed by atoms with E-state index in [1.165, 1.54) is 0 Å². The normalized spacial score (nSPS) is 10.3. The van der Waals surface area contributed by atoms with E-state index in [9.17, 15) is 4.79 Å². The standard InChI is InChI=1S/C16H15ClINO/c1-19(10-9-18)15-8-7-13(17)11-14(15)16(20)12-5-3-2-4-6-12/h2-8,11H,9-10H2,1H3. The van der Waals surface area contributed by atoms with Crippen LogP contribution in [0.15, 0.2) is 48.5 Å². The molecule has 0 aliphatic heterocycles. The zero-order valence-corrected chi connectivity index (χ0v) is 14.1. The maximum atomic E-state index is 12.6. The second kappa shape index (κ2) is 7.09. The third-order valence-electron chi connectivity index (χ3n) is 3.07. The van der Waals surface area contributed by atoms with Gasteiger partial charge in [-0.05, 0) is 18.2 Å². The number of halogens is 2. The second-order valence-electron chi connectivity index (χ2n) is 4.47. The van der Waals surface area contributed by atoms with E-state index >= 15 is 0 Å². The van der Waals surface area contributed by atoms with Gasteiger partial charge in [0.15, 0.2) is 5.78 Å². The van der Waals surface area contributed by atoms with Crippen molar-refractivity contribution in [3.8, 4) is 0 Å². The topological polar surface area (TPSA) is 20.3 Å². The fourth-order valence-electron chi connectivity index (χ4n) is 2.02. The van der Waals surface area contributed by atoms with Crippen LogP contribution < -0.4 is 4.90 Å². The summed E-state index contributed by atoms with van der Waals surface area (Å²) in [4.78, 5) is 14.7. The Labute approximate surface area is 137 Å². The lowest BCUT2D eigenvalue weighted by molar-refractivity contribution is 0.103. The fourth-order valence-corrected chi connectivity index (χ4v) is 2.91. The molecular weight excluding hydrogens is 385 g/mol. The molecule has 0 aromatic heterocycles. The van der Waals surface area contributed by atoms with Crippen molar-refractivity contribution in [2.24, 2.45) is 0 Å². The first-order chi connectivity index (χ1) is 9.63. The van der Waals surface area contributed by atoms with Crippen molar-refractivity contribution in [3.05, 3.63) is 64.7 Å². The zero-order valence-electron chi connectivity index (χ0n) is 11.1. The highest BCUT2D eigenvalue weighted by Gasteiger charge is 2.16. The number of nitrogens with zero attached hydrogens (tertiary/aromatic N) is 1. The summed E-state index contributed by atoms with van der Waals surface area (Å²) in [5.41, 5.74) is 2.25. The Kier molecular flexibility index (Phi) is 5.43. The number of alkyl halides is 1. The predicted octanol–water partition coefficient (Wildman–Crippen LogP) is 4.44. The average Bonchev–Trinajstić information content (AvgIpc) is 2.47. The Morgan fingerprint density at radius 2 is 1.90 bits per heavy atom. The van der Waals surface area contributed by atoms with Crippen molar-refractivity contribution in [3.63, 3.8) is 0 Å². The van der Waals surface area contributed by atoms with E-state index in [-0.39, 0.29) is 5.78 Å². The van der Waals surface area contributed by atoms with Crippen molar-refractivity contribution in [2.45, 2.75) is 0 Å². The number of benzene rings is 2. The summed E-state index contributed by atoms with van der Waals surface area (Å²) in [6.07, 6.45) is 0. The van der Waals surface area contributed by atoms with Gasteiger partial charge in [-0.3, -0.25) is 4.79 Å². The number of anilines is 1. The highest BCUT2D eigenvalue weighted by Crippen LogP contribution is 2.26. The highest BCUT2D eigenvalue weighted by molar-refractivity contribution is 14.1. The molecule has 0 spiro atoms. The van der Waals surface area contributed by atoms with Gasteiger partial charge in [0.2, 0.25) is 0 Å². The first-order valence-corrected chi connectivity index (χ1v) is 8.20. The molecule has 0 fully saturated rings. The predicted molar refractivity (Wildman–Crippen MR) is 93.5 cm³/mol. The first kappa shape index (κ1) is 15.3. The number of rotatable bonds is 5. The smallest absolute Gasteiger partial charge is 0.195 e. The van der Waals surface area contributed by atoms with Crippen LogP contribution in [0.3, 0.4) is 0 Å². The van der Waals surface area contributed by atoms with E-state index < -0.39 is 0 Å². The number of ketones is 1. The van der Waals surface area contributed by atoms with Crippen LogP contribution in [0.25, 0.3) is 0 Å². The van der Waals surface area contributed by atoms with Gasteiger partial charge in [0, 0.05) is 39.9 Å². The molecule has 0 aliphatic carbocycles. The molecule has 0 radical (unpaired) electrons. The van der Waals surface area contributed by atoms with Crippen LogP contribution in [0, 0.1) is 0 Å². The SMILES string of the molecule is CN(CCI)c1ccc(Cl)cc1C(=O)c1ccccc1. The molecular formula is C16H15ClINO. The van der Waals surface area contributed by atoms with Gasteiger partial charge >= 0.3 is 0 Å². The molecule has 4 heteroatoms. The molecule has 2 aromatic carbocycles. The van der Waals surface area contributed by atoms with Gasteiger partial charge in [-0.25, -0.2) is 0 Å². The van der Waals surface area contributed by atoms with E-state index in [1.807, 2.05) is 49.5 Å². The zero-order chi connectivity index (χ0) is 14.5. The average molecular weight is 400 g/mol. The highest BCUT2D eigenvalue weighted by atomic mass is 127. The van der Waals surface area contributed by atoms with Crippen LogP contribution in [-0.2, 0) is 0 Å².